The monoisotopic (exact) mass is 310 g/mol. The van der Waals surface area contributed by atoms with Crippen LogP contribution in [0.2, 0.25) is 0 Å². The summed E-state index contributed by atoms with van der Waals surface area (Å²) in [7, 11) is 0. The molecule has 18 heavy (non-hydrogen) atoms. The topological polar surface area (TPSA) is 24.9 Å². The van der Waals surface area contributed by atoms with E-state index in [-0.39, 0.29) is 0 Å². The Bertz CT molecular complexity index is 386. The molecule has 0 aromatic carbocycles. The van der Waals surface area contributed by atoms with E-state index in [0.29, 0.717) is 5.41 Å². The highest BCUT2D eigenvalue weighted by atomic mass is 79.9. The Hall–Kier alpha value is -0.410. The molecule has 0 saturated heterocycles. The van der Waals surface area contributed by atoms with Crippen molar-refractivity contribution in [3.8, 4) is 0 Å². The van der Waals surface area contributed by atoms with Crippen molar-refractivity contribution in [3.63, 3.8) is 0 Å². The lowest BCUT2D eigenvalue weighted by Crippen LogP contribution is -2.42. The molecule has 2 rings (SSSR count). The molecule has 2 nitrogen and oxygen atoms in total. The third-order valence-electron chi connectivity index (χ3n) is 3.81. The highest BCUT2D eigenvalue weighted by Gasteiger charge is 2.36. The van der Waals surface area contributed by atoms with Gasteiger partial charge in [0.1, 0.15) is 0 Å². The summed E-state index contributed by atoms with van der Waals surface area (Å²) >= 11 is 3.50. The number of aromatic nitrogens is 1. The summed E-state index contributed by atoms with van der Waals surface area (Å²) < 4.78 is 1.09. The van der Waals surface area contributed by atoms with Gasteiger partial charge in [0, 0.05) is 23.4 Å². The Kier molecular flexibility index (Phi) is 4.79. The maximum absolute atomic E-state index is 4.27. The van der Waals surface area contributed by atoms with Gasteiger partial charge in [-0.15, -0.1) is 0 Å². The fraction of sp³-hybridized carbons (Fsp3) is 0.667. The lowest BCUT2D eigenvalue weighted by molar-refractivity contribution is 0.129. The molecular formula is C15H23BrN2. The molecule has 0 spiro atoms. The van der Waals surface area contributed by atoms with Crippen molar-refractivity contribution in [1.82, 2.24) is 10.3 Å². The van der Waals surface area contributed by atoms with E-state index in [4.69, 9.17) is 0 Å². The van der Waals surface area contributed by atoms with E-state index in [1.54, 1.807) is 0 Å². The molecule has 0 radical (unpaired) electrons. The van der Waals surface area contributed by atoms with Gasteiger partial charge in [0.25, 0.3) is 0 Å². The number of nitrogens with one attached hydrogen (secondary N) is 1. The first-order valence-electron chi connectivity index (χ1n) is 6.90. The molecule has 100 valence electrons. The van der Waals surface area contributed by atoms with Crippen molar-refractivity contribution in [1.29, 1.82) is 0 Å². The van der Waals surface area contributed by atoms with Crippen LogP contribution >= 0.6 is 15.9 Å². The molecule has 0 atom stereocenters. The minimum atomic E-state index is 0.483. The van der Waals surface area contributed by atoms with Crippen LogP contribution in [0.3, 0.4) is 0 Å². The van der Waals surface area contributed by atoms with Gasteiger partial charge in [0.05, 0.1) is 0 Å². The smallest absolute Gasteiger partial charge is 0.0410 e. The Morgan fingerprint density at radius 1 is 1.39 bits per heavy atom. The Balaban J connectivity index is 1.91. The van der Waals surface area contributed by atoms with E-state index in [0.717, 1.165) is 29.9 Å². The largest absolute Gasteiger partial charge is 0.316 e. The van der Waals surface area contributed by atoms with Crippen LogP contribution in [0.15, 0.2) is 22.9 Å². The molecule has 1 N–H and O–H groups in total. The minimum absolute atomic E-state index is 0.483. The Morgan fingerprint density at radius 2 is 2.17 bits per heavy atom. The van der Waals surface area contributed by atoms with Crippen LogP contribution in [0.4, 0.5) is 0 Å². The van der Waals surface area contributed by atoms with Gasteiger partial charge in [0.15, 0.2) is 0 Å². The lowest BCUT2D eigenvalue weighted by Gasteiger charge is -2.42. The van der Waals surface area contributed by atoms with Gasteiger partial charge < -0.3 is 5.32 Å². The fourth-order valence-corrected chi connectivity index (χ4v) is 3.12. The molecule has 0 amide bonds. The van der Waals surface area contributed by atoms with Crippen LogP contribution in [-0.4, -0.2) is 18.1 Å². The molecule has 3 heteroatoms. The molecule has 1 aliphatic rings. The van der Waals surface area contributed by atoms with E-state index in [9.17, 15) is 0 Å². The third-order valence-corrected chi connectivity index (χ3v) is 4.24. The summed E-state index contributed by atoms with van der Waals surface area (Å²) in [5, 5.41) is 3.63. The van der Waals surface area contributed by atoms with E-state index in [2.05, 4.69) is 46.1 Å². The van der Waals surface area contributed by atoms with Crippen LogP contribution in [0.1, 0.15) is 38.7 Å². The average molecular weight is 311 g/mol. The predicted molar refractivity (Wildman–Crippen MR) is 79.6 cm³/mol. The maximum atomic E-state index is 4.27. The molecule has 0 unspecified atom stereocenters. The number of hydrogen-bond donors (Lipinski definition) is 1. The van der Waals surface area contributed by atoms with Crippen molar-refractivity contribution in [2.75, 3.05) is 13.1 Å². The Labute approximate surface area is 119 Å². The molecule has 1 heterocycles. The summed E-state index contributed by atoms with van der Waals surface area (Å²) in [5.74, 6) is 0.731. The fourth-order valence-electron chi connectivity index (χ4n) is 2.70. The van der Waals surface area contributed by atoms with Crippen LogP contribution in [0.5, 0.6) is 0 Å². The molecular weight excluding hydrogens is 288 g/mol. The second kappa shape index (κ2) is 6.16. The predicted octanol–water partition coefficient (Wildman–Crippen LogP) is 3.80. The van der Waals surface area contributed by atoms with E-state index in [1.165, 1.54) is 24.8 Å². The first-order chi connectivity index (χ1) is 8.60. The number of halogens is 1. The number of rotatable bonds is 6. The average Bonchev–Trinajstić information content (AvgIpc) is 2.25. The van der Waals surface area contributed by atoms with Crippen LogP contribution < -0.4 is 5.32 Å². The SMILES string of the molecule is CC(C)CNCC1(Cc2cncc(Br)c2)CCC1. The molecule has 1 aromatic rings. The van der Waals surface area contributed by atoms with Crippen molar-refractivity contribution in [3.05, 3.63) is 28.5 Å². The molecule has 1 fully saturated rings. The Morgan fingerprint density at radius 3 is 2.72 bits per heavy atom. The van der Waals surface area contributed by atoms with Crippen molar-refractivity contribution in [2.45, 2.75) is 39.5 Å². The molecule has 0 aliphatic heterocycles. The van der Waals surface area contributed by atoms with Crippen LogP contribution in [0, 0.1) is 11.3 Å². The van der Waals surface area contributed by atoms with E-state index < -0.39 is 0 Å². The zero-order valence-corrected chi connectivity index (χ0v) is 13.0. The normalized spacial score (nSPS) is 17.8. The summed E-state index contributed by atoms with van der Waals surface area (Å²) in [6, 6.07) is 2.20. The molecule has 1 saturated carbocycles. The maximum Gasteiger partial charge on any atom is 0.0410 e. The van der Waals surface area contributed by atoms with Gasteiger partial charge in [-0.2, -0.15) is 0 Å². The van der Waals surface area contributed by atoms with Gasteiger partial charge in [-0.3, -0.25) is 4.98 Å². The second-order valence-electron chi connectivity index (χ2n) is 6.07. The van der Waals surface area contributed by atoms with Gasteiger partial charge in [-0.1, -0.05) is 20.3 Å². The first kappa shape index (κ1) is 14.0. The highest BCUT2D eigenvalue weighted by Crippen LogP contribution is 2.43. The zero-order chi connectivity index (χ0) is 13.0. The summed E-state index contributed by atoms with van der Waals surface area (Å²) in [5.41, 5.74) is 1.84. The summed E-state index contributed by atoms with van der Waals surface area (Å²) in [6.45, 7) is 6.80. The molecule has 1 aromatic heterocycles. The van der Waals surface area contributed by atoms with Crippen LogP contribution in [0.25, 0.3) is 0 Å². The standard InChI is InChI=1S/C15H23BrN2/c1-12(2)8-18-11-15(4-3-5-15)7-13-6-14(16)10-17-9-13/h6,9-10,12,18H,3-5,7-8,11H2,1-2H3. The number of nitrogens with zero attached hydrogens (tertiary/aromatic N) is 1. The van der Waals surface area contributed by atoms with Gasteiger partial charge in [-0.05, 0) is 64.7 Å². The summed E-state index contributed by atoms with van der Waals surface area (Å²) in [4.78, 5) is 4.27. The van der Waals surface area contributed by atoms with E-state index >= 15 is 0 Å². The van der Waals surface area contributed by atoms with Gasteiger partial charge in [-0.25, -0.2) is 0 Å². The zero-order valence-electron chi connectivity index (χ0n) is 11.4. The van der Waals surface area contributed by atoms with Gasteiger partial charge in [0.2, 0.25) is 0 Å². The summed E-state index contributed by atoms with van der Waals surface area (Å²) in [6.07, 6.45) is 9.10. The number of pyridine rings is 1. The van der Waals surface area contributed by atoms with Crippen molar-refractivity contribution < 1.29 is 0 Å². The first-order valence-corrected chi connectivity index (χ1v) is 7.69. The van der Waals surface area contributed by atoms with Gasteiger partial charge >= 0.3 is 0 Å². The third kappa shape index (κ3) is 3.79. The van der Waals surface area contributed by atoms with Crippen LogP contribution in [-0.2, 0) is 6.42 Å². The quantitative estimate of drug-likeness (QED) is 0.864. The van der Waals surface area contributed by atoms with Crippen molar-refractivity contribution >= 4 is 15.9 Å². The lowest BCUT2D eigenvalue weighted by atomic mass is 9.65. The van der Waals surface area contributed by atoms with Crippen molar-refractivity contribution in [2.24, 2.45) is 11.3 Å². The highest BCUT2D eigenvalue weighted by molar-refractivity contribution is 9.10. The molecule has 1 aliphatic carbocycles. The number of hydrogen-bond acceptors (Lipinski definition) is 2. The second-order valence-corrected chi connectivity index (χ2v) is 6.98. The molecule has 0 bridgehead atoms. The van der Waals surface area contributed by atoms with E-state index in [1.807, 2.05) is 12.4 Å². The minimum Gasteiger partial charge on any atom is -0.316 e.